The average molecular weight is 465 g/mol. The number of carbonyl (C=O) groups excluding carboxylic acids is 2. The fraction of sp³-hybridized carbons (Fsp3) is 0.385. The van der Waals surface area contributed by atoms with Crippen LogP contribution in [0.15, 0.2) is 59.8 Å². The van der Waals surface area contributed by atoms with Gasteiger partial charge in [-0.1, -0.05) is 29.8 Å². The van der Waals surface area contributed by atoms with Crippen molar-refractivity contribution in [3.63, 3.8) is 0 Å². The molecule has 8 nitrogen and oxygen atoms in total. The summed E-state index contributed by atoms with van der Waals surface area (Å²) in [5.41, 5.74) is 4.23. The molecule has 1 fully saturated rings. The SMILES string of the molecule is CCOC(=O)C1=C(CN2CCN(c3ccc(C)cc3)CC2)NC(=O)NC1c1cccc(OC)c1. The molecule has 0 radical (unpaired) electrons. The first-order chi connectivity index (χ1) is 16.5. The van der Waals surface area contributed by atoms with Gasteiger partial charge in [0.15, 0.2) is 0 Å². The Hall–Kier alpha value is -3.52. The van der Waals surface area contributed by atoms with Gasteiger partial charge in [-0.15, -0.1) is 0 Å². The van der Waals surface area contributed by atoms with Crippen LogP contribution in [0.3, 0.4) is 0 Å². The number of methoxy groups -OCH3 is 1. The first-order valence-electron chi connectivity index (χ1n) is 11.6. The van der Waals surface area contributed by atoms with Gasteiger partial charge in [0.25, 0.3) is 0 Å². The quantitative estimate of drug-likeness (QED) is 0.613. The number of amides is 2. The minimum atomic E-state index is -0.619. The van der Waals surface area contributed by atoms with Crippen molar-refractivity contribution in [3.8, 4) is 5.75 Å². The Balaban J connectivity index is 1.56. The third kappa shape index (κ3) is 5.34. The number of hydrogen-bond donors (Lipinski definition) is 2. The van der Waals surface area contributed by atoms with Crippen LogP contribution in [0.1, 0.15) is 24.1 Å². The molecule has 0 bridgehead atoms. The van der Waals surface area contributed by atoms with E-state index in [1.165, 1.54) is 11.3 Å². The lowest BCUT2D eigenvalue weighted by molar-refractivity contribution is -0.139. The summed E-state index contributed by atoms with van der Waals surface area (Å²) in [6.45, 7) is 7.96. The van der Waals surface area contributed by atoms with Crippen LogP contribution in [0.25, 0.3) is 0 Å². The molecule has 2 heterocycles. The van der Waals surface area contributed by atoms with E-state index in [1.807, 2.05) is 24.3 Å². The second kappa shape index (κ2) is 10.6. The highest BCUT2D eigenvalue weighted by Crippen LogP contribution is 2.30. The molecule has 2 amide bonds. The summed E-state index contributed by atoms with van der Waals surface area (Å²) in [4.78, 5) is 30.2. The molecule has 4 rings (SSSR count). The number of aryl methyl sites for hydroxylation is 1. The first-order valence-corrected chi connectivity index (χ1v) is 11.6. The number of carbonyl (C=O) groups is 2. The van der Waals surface area contributed by atoms with Gasteiger partial charge in [-0.2, -0.15) is 0 Å². The minimum absolute atomic E-state index is 0.254. The number of urea groups is 1. The lowest BCUT2D eigenvalue weighted by Gasteiger charge is -2.38. The molecule has 0 aliphatic carbocycles. The second-order valence-electron chi connectivity index (χ2n) is 8.52. The van der Waals surface area contributed by atoms with Gasteiger partial charge in [-0.05, 0) is 43.7 Å². The van der Waals surface area contributed by atoms with Crippen molar-refractivity contribution in [2.24, 2.45) is 0 Å². The Morgan fingerprint density at radius 3 is 2.50 bits per heavy atom. The van der Waals surface area contributed by atoms with Gasteiger partial charge >= 0.3 is 12.0 Å². The summed E-state index contributed by atoms with van der Waals surface area (Å²) in [6.07, 6.45) is 0. The van der Waals surface area contributed by atoms with Gasteiger partial charge in [0.2, 0.25) is 0 Å². The Bertz CT molecular complexity index is 1060. The van der Waals surface area contributed by atoms with Crippen LogP contribution in [-0.2, 0) is 9.53 Å². The zero-order valence-corrected chi connectivity index (χ0v) is 20.0. The maximum Gasteiger partial charge on any atom is 0.338 e. The number of benzene rings is 2. The van der Waals surface area contributed by atoms with Crippen LogP contribution in [-0.4, -0.2) is 63.3 Å². The van der Waals surface area contributed by atoms with E-state index < -0.39 is 12.0 Å². The molecule has 2 aromatic rings. The number of ether oxygens (including phenoxy) is 2. The van der Waals surface area contributed by atoms with E-state index >= 15 is 0 Å². The third-order valence-corrected chi connectivity index (χ3v) is 6.23. The van der Waals surface area contributed by atoms with E-state index in [0.29, 0.717) is 23.6 Å². The fourth-order valence-electron chi connectivity index (χ4n) is 4.41. The van der Waals surface area contributed by atoms with E-state index in [-0.39, 0.29) is 12.6 Å². The maximum atomic E-state index is 13.0. The number of hydrogen-bond acceptors (Lipinski definition) is 6. The Labute approximate surface area is 200 Å². The molecular formula is C26H32N4O4. The lowest BCUT2D eigenvalue weighted by Crippen LogP contribution is -2.51. The Morgan fingerprint density at radius 1 is 1.09 bits per heavy atom. The molecule has 1 saturated heterocycles. The van der Waals surface area contributed by atoms with Gasteiger partial charge in [-0.3, -0.25) is 4.90 Å². The Morgan fingerprint density at radius 2 is 1.82 bits per heavy atom. The molecule has 1 unspecified atom stereocenters. The Kier molecular flexibility index (Phi) is 7.37. The number of esters is 1. The van der Waals surface area contributed by atoms with Crippen LogP contribution in [0.4, 0.5) is 10.5 Å². The van der Waals surface area contributed by atoms with E-state index in [9.17, 15) is 9.59 Å². The van der Waals surface area contributed by atoms with Crippen molar-refractivity contribution >= 4 is 17.7 Å². The van der Waals surface area contributed by atoms with Crippen LogP contribution < -0.4 is 20.3 Å². The number of nitrogens with one attached hydrogen (secondary N) is 2. The molecule has 180 valence electrons. The maximum absolute atomic E-state index is 13.0. The number of anilines is 1. The van der Waals surface area contributed by atoms with Crippen LogP contribution in [0, 0.1) is 6.92 Å². The summed E-state index contributed by atoms with van der Waals surface area (Å²) in [6, 6.07) is 15.0. The zero-order chi connectivity index (χ0) is 24.1. The van der Waals surface area contributed by atoms with E-state index in [4.69, 9.17) is 9.47 Å². The fourth-order valence-corrected chi connectivity index (χ4v) is 4.41. The molecule has 2 aliphatic rings. The van der Waals surface area contributed by atoms with E-state index in [0.717, 1.165) is 31.7 Å². The number of rotatable bonds is 7. The van der Waals surface area contributed by atoms with Crippen molar-refractivity contribution in [1.29, 1.82) is 0 Å². The molecule has 2 aliphatic heterocycles. The smallest absolute Gasteiger partial charge is 0.338 e. The highest BCUT2D eigenvalue weighted by Gasteiger charge is 2.35. The monoisotopic (exact) mass is 464 g/mol. The van der Waals surface area contributed by atoms with Crippen LogP contribution >= 0.6 is 0 Å². The molecule has 0 saturated carbocycles. The molecule has 2 N–H and O–H groups in total. The van der Waals surface area contributed by atoms with Gasteiger partial charge < -0.3 is 25.0 Å². The summed E-state index contributed by atoms with van der Waals surface area (Å²) < 4.78 is 10.7. The third-order valence-electron chi connectivity index (χ3n) is 6.23. The predicted molar refractivity (Wildman–Crippen MR) is 131 cm³/mol. The molecule has 1 atom stereocenters. The largest absolute Gasteiger partial charge is 0.497 e. The van der Waals surface area contributed by atoms with Crippen molar-refractivity contribution < 1.29 is 19.1 Å². The van der Waals surface area contributed by atoms with Crippen molar-refractivity contribution in [3.05, 3.63) is 70.9 Å². The molecular weight excluding hydrogens is 432 g/mol. The van der Waals surface area contributed by atoms with E-state index in [2.05, 4.69) is 51.6 Å². The van der Waals surface area contributed by atoms with Crippen molar-refractivity contribution in [2.75, 3.05) is 51.3 Å². The minimum Gasteiger partial charge on any atom is -0.497 e. The molecule has 0 aromatic heterocycles. The van der Waals surface area contributed by atoms with Gasteiger partial charge in [0, 0.05) is 44.1 Å². The molecule has 34 heavy (non-hydrogen) atoms. The molecule has 8 heteroatoms. The summed E-state index contributed by atoms with van der Waals surface area (Å²) in [7, 11) is 1.59. The average Bonchev–Trinajstić information content (AvgIpc) is 2.85. The van der Waals surface area contributed by atoms with Gasteiger partial charge in [0.1, 0.15) is 5.75 Å². The standard InChI is InChI=1S/C26H32N4O4/c1-4-34-25(31)23-22(27-26(32)28-24(23)19-6-5-7-21(16-19)33-3)17-29-12-14-30(15-13-29)20-10-8-18(2)9-11-20/h5-11,16,24H,4,12-15,17H2,1-3H3,(H2,27,28,32). The van der Waals surface area contributed by atoms with E-state index in [1.54, 1.807) is 14.0 Å². The normalized spacial score (nSPS) is 18.9. The number of nitrogens with zero attached hydrogens (tertiary/aromatic N) is 2. The van der Waals surface area contributed by atoms with Crippen LogP contribution in [0.2, 0.25) is 0 Å². The number of piperazine rings is 1. The summed E-state index contributed by atoms with van der Waals surface area (Å²) in [5.74, 6) is 0.221. The highest BCUT2D eigenvalue weighted by molar-refractivity contribution is 5.95. The summed E-state index contributed by atoms with van der Waals surface area (Å²) in [5, 5.41) is 5.76. The molecule has 2 aromatic carbocycles. The lowest BCUT2D eigenvalue weighted by atomic mass is 9.94. The highest BCUT2D eigenvalue weighted by atomic mass is 16.5. The zero-order valence-electron chi connectivity index (χ0n) is 20.0. The van der Waals surface area contributed by atoms with Gasteiger partial charge in [-0.25, -0.2) is 9.59 Å². The summed E-state index contributed by atoms with van der Waals surface area (Å²) >= 11 is 0. The molecule has 0 spiro atoms. The van der Waals surface area contributed by atoms with Gasteiger partial charge in [0.05, 0.1) is 25.3 Å². The first kappa shape index (κ1) is 23.6. The predicted octanol–water partition coefficient (Wildman–Crippen LogP) is 3.00. The topological polar surface area (TPSA) is 83.1 Å². The second-order valence-corrected chi connectivity index (χ2v) is 8.52. The van der Waals surface area contributed by atoms with Crippen molar-refractivity contribution in [2.45, 2.75) is 19.9 Å². The van der Waals surface area contributed by atoms with Crippen LogP contribution in [0.5, 0.6) is 5.75 Å². The van der Waals surface area contributed by atoms with Crippen molar-refractivity contribution in [1.82, 2.24) is 15.5 Å².